The Morgan fingerprint density at radius 2 is 2.13 bits per heavy atom. The lowest BCUT2D eigenvalue weighted by Crippen LogP contribution is -2.44. The first kappa shape index (κ1) is 21.4. The van der Waals surface area contributed by atoms with E-state index in [0.29, 0.717) is 24.7 Å². The van der Waals surface area contributed by atoms with E-state index in [-0.39, 0.29) is 23.0 Å². The molecule has 0 aliphatic carbocycles. The van der Waals surface area contributed by atoms with Gasteiger partial charge in [0.05, 0.1) is 28.0 Å². The number of likely N-dealkylation sites (tertiary alicyclic amines) is 1. The Morgan fingerprint density at radius 3 is 2.90 bits per heavy atom. The van der Waals surface area contributed by atoms with Crippen LogP contribution >= 0.6 is 11.8 Å². The molecule has 7 nitrogen and oxygen atoms in total. The van der Waals surface area contributed by atoms with Crippen LogP contribution in [0.15, 0.2) is 42.6 Å². The maximum absolute atomic E-state index is 12.8. The summed E-state index contributed by atoms with van der Waals surface area (Å²) < 4.78 is 0. The molecule has 1 aliphatic rings. The zero-order valence-corrected chi connectivity index (χ0v) is 18.6. The second kappa shape index (κ2) is 9.51. The van der Waals surface area contributed by atoms with E-state index >= 15 is 0 Å². The maximum Gasteiger partial charge on any atom is 0.232 e. The Hall–Kier alpha value is -2.87. The number of benzene rings is 1. The molecule has 1 saturated heterocycles. The van der Waals surface area contributed by atoms with Crippen LogP contribution in [0.1, 0.15) is 36.4 Å². The standard InChI is InChI=1S/C23H27N5O2S/c1-15-9-10-20(24-12-15)27-23(30)17-6-5-11-28(13-17)21(29)14-31-16(2)22-25-18-7-3-4-8-19(18)26-22/h3-4,7-10,12,16-17H,5-6,11,13-14H2,1-2H3,(H,25,26)(H,24,27,30). The smallest absolute Gasteiger partial charge is 0.232 e. The molecular formula is C23H27N5O2S. The molecule has 0 saturated carbocycles. The van der Waals surface area contributed by atoms with Crippen LogP contribution < -0.4 is 5.32 Å². The highest BCUT2D eigenvalue weighted by molar-refractivity contribution is 8.00. The third-order valence-corrected chi connectivity index (χ3v) is 6.69. The first-order chi connectivity index (χ1) is 15.0. The monoisotopic (exact) mass is 437 g/mol. The molecule has 162 valence electrons. The van der Waals surface area contributed by atoms with Crippen molar-refractivity contribution in [1.29, 1.82) is 0 Å². The first-order valence-electron chi connectivity index (χ1n) is 10.6. The molecule has 8 heteroatoms. The van der Waals surface area contributed by atoms with E-state index in [1.807, 2.05) is 42.2 Å². The number of carbonyl (C=O) groups is 2. The van der Waals surface area contributed by atoms with Gasteiger partial charge >= 0.3 is 0 Å². The number of hydrogen-bond acceptors (Lipinski definition) is 5. The van der Waals surface area contributed by atoms with Crippen LogP contribution in [-0.4, -0.2) is 50.5 Å². The lowest BCUT2D eigenvalue weighted by Gasteiger charge is -2.32. The molecule has 3 heterocycles. The fourth-order valence-corrected chi connectivity index (χ4v) is 4.56. The van der Waals surface area contributed by atoms with E-state index < -0.39 is 0 Å². The summed E-state index contributed by atoms with van der Waals surface area (Å²) in [4.78, 5) is 39.5. The number of nitrogens with zero attached hydrogens (tertiary/aromatic N) is 3. The summed E-state index contributed by atoms with van der Waals surface area (Å²) in [6, 6.07) is 11.6. The average Bonchev–Trinajstić information content (AvgIpc) is 3.23. The fourth-order valence-electron chi connectivity index (χ4n) is 3.72. The average molecular weight is 438 g/mol. The maximum atomic E-state index is 12.8. The second-order valence-electron chi connectivity index (χ2n) is 7.98. The molecule has 0 spiro atoms. The van der Waals surface area contributed by atoms with Gasteiger partial charge in [0.25, 0.3) is 0 Å². The number of pyridine rings is 1. The first-order valence-corrected chi connectivity index (χ1v) is 11.6. The lowest BCUT2D eigenvalue weighted by molar-refractivity contribution is -0.132. The number of hydrogen-bond donors (Lipinski definition) is 2. The lowest BCUT2D eigenvalue weighted by atomic mass is 9.97. The number of rotatable bonds is 6. The Kier molecular flexibility index (Phi) is 6.56. The van der Waals surface area contributed by atoms with Crippen LogP contribution in [0.4, 0.5) is 5.82 Å². The van der Waals surface area contributed by atoms with Crippen molar-refractivity contribution in [3.63, 3.8) is 0 Å². The van der Waals surface area contributed by atoms with E-state index in [9.17, 15) is 9.59 Å². The third kappa shape index (κ3) is 5.25. The largest absolute Gasteiger partial charge is 0.341 e. The van der Waals surface area contributed by atoms with Gasteiger partial charge in [-0.1, -0.05) is 18.2 Å². The predicted octanol–water partition coefficient (Wildman–Crippen LogP) is 3.94. The molecule has 3 aromatic rings. The molecule has 2 amide bonds. The van der Waals surface area contributed by atoms with Crippen LogP contribution in [0.25, 0.3) is 11.0 Å². The van der Waals surface area contributed by atoms with Gasteiger partial charge in [-0.2, -0.15) is 0 Å². The number of nitrogens with one attached hydrogen (secondary N) is 2. The van der Waals surface area contributed by atoms with Crippen LogP contribution in [0.3, 0.4) is 0 Å². The molecule has 2 atom stereocenters. The molecule has 31 heavy (non-hydrogen) atoms. The van der Waals surface area contributed by atoms with Gasteiger partial charge in [0, 0.05) is 19.3 Å². The molecule has 0 radical (unpaired) electrons. The van der Waals surface area contributed by atoms with E-state index in [0.717, 1.165) is 35.3 Å². The van der Waals surface area contributed by atoms with Crippen LogP contribution in [0, 0.1) is 12.8 Å². The number of amides is 2. The summed E-state index contributed by atoms with van der Waals surface area (Å²) in [6.45, 7) is 5.16. The zero-order chi connectivity index (χ0) is 21.8. The number of H-pyrrole nitrogens is 1. The van der Waals surface area contributed by atoms with Crippen molar-refractivity contribution in [2.45, 2.75) is 31.9 Å². The van der Waals surface area contributed by atoms with Crippen LogP contribution in [0.5, 0.6) is 0 Å². The molecule has 2 unspecified atom stereocenters. The molecule has 2 aromatic heterocycles. The number of piperidine rings is 1. The van der Waals surface area contributed by atoms with Crippen LogP contribution in [0.2, 0.25) is 0 Å². The van der Waals surface area contributed by atoms with Crippen molar-refractivity contribution >= 4 is 40.4 Å². The van der Waals surface area contributed by atoms with Gasteiger partial charge in [0.1, 0.15) is 11.6 Å². The molecule has 1 aromatic carbocycles. The van der Waals surface area contributed by atoms with Crippen LogP contribution in [-0.2, 0) is 9.59 Å². The predicted molar refractivity (Wildman–Crippen MR) is 124 cm³/mol. The van der Waals surface area contributed by atoms with Gasteiger partial charge in [-0.25, -0.2) is 9.97 Å². The summed E-state index contributed by atoms with van der Waals surface area (Å²) in [6.07, 6.45) is 3.34. The molecule has 2 N–H and O–H groups in total. The summed E-state index contributed by atoms with van der Waals surface area (Å²) in [5.74, 6) is 1.58. The van der Waals surface area contributed by atoms with Crippen molar-refractivity contribution in [3.05, 3.63) is 54.0 Å². The number of carbonyl (C=O) groups excluding carboxylic acids is 2. The van der Waals surface area contributed by atoms with E-state index in [4.69, 9.17) is 0 Å². The number of thioether (sulfide) groups is 1. The minimum atomic E-state index is -0.210. The number of para-hydroxylation sites is 2. The van der Waals surface area contributed by atoms with Gasteiger partial charge in [0.2, 0.25) is 11.8 Å². The molecule has 4 rings (SSSR count). The normalized spacial score (nSPS) is 17.5. The molecule has 0 bridgehead atoms. The second-order valence-corrected chi connectivity index (χ2v) is 9.31. The minimum Gasteiger partial charge on any atom is -0.341 e. The van der Waals surface area contributed by atoms with Crippen molar-refractivity contribution < 1.29 is 9.59 Å². The Bertz CT molecular complexity index is 1030. The molecule has 1 fully saturated rings. The number of aromatic nitrogens is 3. The Labute approximate surface area is 186 Å². The highest BCUT2D eigenvalue weighted by Crippen LogP contribution is 2.28. The molecule has 1 aliphatic heterocycles. The fraction of sp³-hybridized carbons (Fsp3) is 0.391. The summed E-state index contributed by atoms with van der Waals surface area (Å²) >= 11 is 1.56. The van der Waals surface area contributed by atoms with Gasteiger partial charge in [-0.15, -0.1) is 11.8 Å². The summed E-state index contributed by atoms with van der Waals surface area (Å²) in [5.41, 5.74) is 2.98. The minimum absolute atomic E-state index is 0.0684. The highest BCUT2D eigenvalue weighted by atomic mass is 32.2. The number of aryl methyl sites for hydroxylation is 1. The van der Waals surface area contributed by atoms with E-state index in [2.05, 4.69) is 27.2 Å². The Balaban J connectivity index is 1.29. The highest BCUT2D eigenvalue weighted by Gasteiger charge is 2.29. The van der Waals surface area contributed by atoms with E-state index in [1.165, 1.54) is 0 Å². The van der Waals surface area contributed by atoms with Gasteiger partial charge in [-0.3, -0.25) is 9.59 Å². The zero-order valence-electron chi connectivity index (χ0n) is 17.8. The van der Waals surface area contributed by atoms with Gasteiger partial charge in [-0.05, 0) is 50.5 Å². The SMILES string of the molecule is Cc1ccc(NC(=O)C2CCCN(C(=O)CSC(C)c3nc4ccccc4[nH]3)C2)nc1. The molecular weight excluding hydrogens is 410 g/mol. The van der Waals surface area contributed by atoms with Crippen molar-refractivity contribution in [1.82, 2.24) is 19.9 Å². The van der Waals surface area contributed by atoms with Crippen molar-refractivity contribution in [3.8, 4) is 0 Å². The van der Waals surface area contributed by atoms with Crippen molar-refractivity contribution in [2.24, 2.45) is 5.92 Å². The topological polar surface area (TPSA) is 91.0 Å². The third-order valence-electron chi connectivity index (χ3n) is 5.56. The van der Waals surface area contributed by atoms with Gasteiger partial charge < -0.3 is 15.2 Å². The summed E-state index contributed by atoms with van der Waals surface area (Å²) in [7, 11) is 0. The van der Waals surface area contributed by atoms with Gasteiger partial charge in [0.15, 0.2) is 0 Å². The Morgan fingerprint density at radius 1 is 1.29 bits per heavy atom. The summed E-state index contributed by atoms with van der Waals surface area (Å²) in [5, 5.41) is 2.95. The number of anilines is 1. The number of fused-ring (bicyclic) bond motifs is 1. The number of aromatic amines is 1. The van der Waals surface area contributed by atoms with E-state index in [1.54, 1.807) is 24.0 Å². The number of imidazole rings is 1. The quantitative estimate of drug-likeness (QED) is 0.610. The van der Waals surface area contributed by atoms with Crippen molar-refractivity contribution in [2.75, 3.05) is 24.2 Å².